The van der Waals surface area contributed by atoms with E-state index in [1.54, 1.807) is 48.5 Å². The fourth-order valence-corrected chi connectivity index (χ4v) is 8.50. The third-order valence-corrected chi connectivity index (χ3v) is 13.1. The minimum absolute atomic E-state index is 0.0417. The highest BCUT2D eigenvalue weighted by molar-refractivity contribution is 5.95. The van der Waals surface area contributed by atoms with Gasteiger partial charge in [-0.1, -0.05) is 166 Å². The molecule has 4 aromatic rings. The number of phenols is 2. The number of esters is 2. The molecule has 0 saturated carbocycles. The van der Waals surface area contributed by atoms with Gasteiger partial charge in [0, 0.05) is 44.5 Å². The van der Waals surface area contributed by atoms with Crippen molar-refractivity contribution in [1.29, 1.82) is 0 Å². The minimum atomic E-state index is -1.03. The Labute approximate surface area is 478 Å². The third kappa shape index (κ3) is 19.4. The number of aromatic hydroxyl groups is 2. The number of benzene rings is 4. The SMILES string of the molecule is CC(C)(C)c1cc(C(=O)Oc2c(C(C)(C)C)cc(C(=O)O)cc2C(C)(C)C)cc(C(C)(C)C)c1O.CC(C)(C)c1cc(C(=O)Oc2c(C(C)(C)C)cc(C(=O)O)cc2C(C)(C)C)cc(C(C)(C)C)c1O.OCCOCCOCCO. The van der Waals surface area contributed by atoms with Crippen molar-refractivity contribution in [3.05, 3.63) is 115 Å². The Balaban J connectivity index is 0.000000467. The maximum atomic E-state index is 13.6. The maximum absolute atomic E-state index is 13.6. The average Bonchev–Trinajstić information content (AvgIpc) is 3.27. The predicted octanol–water partition coefficient (Wildman–Crippen LogP) is 14.0. The van der Waals surface area contributed by atoms with Crippen molar-refractivity contribution in [3.8, 4) is 23.0 Å². The zero-order chi connectivity index (χ0) is 62.3. The molecule has 0 fully saturated rings. The summed E-state index contributed by atoms with van der Waals surface area (Å²) in [6, 6.07) is 13.2. The molecule has 0 aliphatic carbocycles. The Morgan fingerprint density at radius 1 is 0.325 bits per heavy atom. The van der Waals surface area contributed by atoms with Crippen LogP contribution < -0.4 is 9.47 Å². The average molecular weight is 1120 g/mol. The van der Waals surface area contributed by atoms with Crippen molar-refractivity contribution in [2.75, 3.05) is 39.6 Å². The number of carbonyl (C=O) groups excluding carboxylic acids is 2. The summed E-state index contributed by atoms with van der Waals surface area (Å²) in [6.07, 6.45) is 0. The van der Waals surface area contributed by atoms with Gasteiger partial charge in [0.25, 0.3) is 0 Å². The molecule has 0 aliphatic rings. The van der Waals surface area contributed by atoms with E-state index in [1.807, 2.05) is 166 Å². The van der Waals surface area contributed by atoms with Gasteiger partial charge in [0.05, 0.1) is 61.9 Å². The number of hydrogen-bond acceptors (Lipinski definition) is 12. The molecular formula is C66H98O14. The number of carboxylic acids is 2. The van der Waals surface area contributed by atoms with Gasteiger partial charge in [-0.2, -0.15) is 0 Å². The van der Waals surface area contributed by atoms with Gasteiger partial charge in [-0.3, -0.25) is 0 Å². The van der Waals surface area contributed by atoms with Crippen LogP contribution in [0.1, 0.15) is 252 Å². The fourth-order valence-electron chi connectivity index (χ4n) is 8.50. The molecule has 4 rings (SSSR count). The lowest BCUT2D eigenvalue weighted by Crippen LogP contribution is -2.24. The van der Waals surface area contributed by atoms with E-state index in [2.05, 4.69) is 0 Å². The molecule has 80 heavy (non-hydrogen) atoms. The van der Waals surface area contributed by atoms with Crippen LogP contribution in [-0.4, -0.2) is 94.2 Å². The van der Waals surface area contributed by atoms with Gasteiger partial charge < -0.3 is 49.6 Å². The molecule has 14 heteroatoms. The second-order valence-electron chi connectivity index (χ2n) is 28.7. The number of aromatic carboxylic acids is 2. The molecule has 0 unspecified atom stereocenters. The number of phenolic OH excluding ortho intramolecular Hbond substituents is 2. The molecule has 0 atom stereocenters. The summed E-state index contributed by atoms with van der Waals surface area (Å²) in [6.45, 7) is 49.2. The molecule has 0 amide bonds. The van der Waals surface area contributed by atoms with Crippen molar-refractivity contribution in [2.24, 2.45) is 0 Å². The van der Waals surface area contributed by atoms with E-state index in [9.17, 15) is 39.6 Å². The summed E-state index contributed by atoms with van der Waals surface area (Å²) in [7, 11) is 0. The van der Waals surface area contributed by atoms with Crippen LogP contribution in [0.4, 0.5) is 0 Å². The molecule has 6 N–H and O–H groups in total. The van der Waals surface area contributed by atoms with Crippen LogP contribution in [0.25, 0.3) is 0 Å². The maximum Gasteiger partial charge on any atom is 0.343 e. The normalized spacial score (nSPS) is 12.7. The van der Waals surface area contributed by atoms with Crippen molar-refractivity contribution in [3.63, 3.8) is 0 Å². The van der Waals surface area contributed by atoms with Gasteiger partial charge in [-0.25, -0.2) is 19.2 Å². The highest BCUT2D eigenvalue weighted by atomic mass is 16.5. The Kier molecular flexibility index (Phi) is 23.2. The summed E-state index contributed by atoms with van der Waals surface area (Å²) in [4.78, 5) is 51.0. The van der Waals surface area contributed by atoms with E-state index in [4.69, 9.17) is 29.2 Å². The number of aliphatic hydroxyl groups excluding tert-OH is 2. The lowest BCUT2D eigenvalue weighted by Gasteiger charge is -2.30. The van der Waals surface area contributed by atoms with Crippen LogP contribution in [0, 0.1) is 0 Å². The molecule has 0 heterocycles. The zero-order valence-electron chi connectivity index (χ0n) is 52.8. The topological polar surface area (TPSA) is 227 Å². The Morgan fingerprint density at radius 2 is 0.512 bits per heavy atom. The molecule has 0 saturated heterocycles. The summed E-state index contributed by atoms with van der Waals surface area (Å²) >= 11 is 0. The van der Waals surface area contributed by atoms with Crippen LogP contribution in [0.3, 0.4) is 0 Å². The van der Waals surface area contributed by atoms with Gasteiger partial charge in [-0.05, 0) is 91.9 Å². The smallest absolute Gasteiger partial charge is 0.343 e. The summed E-state index contributed by atoms with van der Waals surface area (Å²) < 4.78 is 22.0. The summed E-state index contributed by atoms with van der Waals surface area (Å²) in [5, 5.41) is 58.0. The van der Waals surface area contributed by atoms with Crippen LogP contribution >= 0.6 is 0 Å². The molecule has 0 aliphatic heterocycles. The highest BCUT2D eigenvalue weighted by Gasteiger charge is 2.35. The molecule has 0 aromatic heterocycles. The lowest BCUT2D eigenvalue weighted by molar-refractivity contribution is 0.0222. The van der Waals surface area contributed by atoms with Crippen LogP contribution in [0.15, 0.2) is 48.5 Å². The van der Waals surface area contributed by atoms with Gasteiger partial charge in [0.15, 0.2) is 0 Å². The summed E-state index contributed by atoms with van der Waals surface area (Å²) in [5.41, 5.74) is 2.87. The Hall–Kier alpha value is -5.80. The number of aliphatic hydroxyl groups is 2. The first-order valence-corrected chi connectivity index (χ1v) is 27.4. The fraction of sp³-hybridized carbons (Fsp3) is 0.576. The molecular weight excluding hydrogens is 1020 g/mol. The molecule has 0 spiro atoms. The van der Waals surface area contributed by atoms with E-state index in [0.717, 1.165) is 0 Å². The van der Waals surface area contributed by atoms with Crippen LogP contribution in [-0.2, 0) is 52.8 Å². The largest absolute Gasteiger partial charge is 0.507 e. The third-order valence-electron chi connectivity index (χ3n) is 13.1. The van der Waals surface area contributed by atoms with Gasteiger partial charge in [0.2, 0.25) is 0 Å². The second-order valence-corrected chi connectivity index (χ2v) is 28.7. The van der Waals surface area contributed by atoms with E-state index < -0.39 is 67.2 Å². The van der Waals surface area contributed by atoms with Gasteiger partial charge in [-0.15, -0.1) is 0 Å². The standard InChI is InChI=1S/2C30H42O5.C6H14O4/c2*1-27(2,3)19-15-18(16-20(23(19)31)28(4,5)6)26(34)35-24-21(29(7,8)9)13-17(25(32)33)14-22(24)30(10,11)12;7-1-3-9-5-6-10-4-2-8/h2*13-16,31H,1-12H3,(H,32,33);7-8H,1-6H2. The molecule has 4 aromatic carbocycles. The highest BCUT2D eigenvalue weighted by Crippen LogP contribution is 2.46. The molecule has 0 radical (unpaired) electrons. The quantitative estimate of drug-likeness (QED) is 0.0416. The number of carboxylic acid groups (broad SMARTS) is 2. The van der Waals surface area contributed by atoms with E-state index in [0.29, 0.717) is 93.6 Å². The first-order chi connectivity index (χ1) is 36.0. The van der Waals surface area contributed by atoms with Crippen molar-refractivity contribution in [2.45, 2.75) is 209 Å². The number of ether oxygens (including phenoxy) is 4. The number of rotatable bonds is 13. The van der Waals surface area contributed by atoms with E-state index in [1.165, 1.54) is 0 Å². The molecule has 446 valence electrons. The molecule has 0 bridgehead atoms. The second kappa shape index (κ2) is 26.4. The van der Waals surface area contributed by atoms with E-state index in [-0.39, 0.29) is 35.8 Å². The van der Waals surface area contributed by atoms with Gasteiger partial charge >= 0.3 is 23.9 Å². The van der Waals surface area contributed by atoms with E-state index >= 15 is 0 Å². The Bertz CT molecular complexity index is 2480. The Morgan fingerprint density at radius 3 is 0.675 bits per heavy atom. The predicted molar refractivity (Wildman–Crippen MR) is 318 cm³/mol. The van der Waals surface area contributed by atoms with Crippen molar-refractivity contribution < 1.29 is 68.8 Å². The minimum Gasteiger partial charge on any atom is -0.507 e. The number of hydrogen-bond donors (Lipinski definition) is 6. The molecule has 14 nitrogen and oxygen atoms in total. The van der Waals surface area contributed by atoms with Crippen molar-refractivity contribution in [1.82, 2.24) is 0 Å². The van der Waals surface area contributed by atoms with Crippen LogP contribution in [0.5, 0.6) is 23.0 Å². The van der Waals surface area contributed by atoms with Gasteiger partial charge in [0.1, 0.15) is 23.0 Å². The first-order valence-electron chi connectivity index (χ1n) is 27.4. The lowest BCUT2D eigenvalue weighted by atomic mass is 9.78. The van der Waals surface area contributed by atoms with Crippen LogP contribution in [0.2, 0.25) is 0 Å². The first kappa shape index (κ1) is 70.3. The number of carbonyl (C=O) groups is 4. The van der Waals surface area contributed by atoms with Crippen molar-refractivity contribution >= 4 is 23.9 Å². The zero-order valence-corrected chi connectivity index (χ0v) is 52.8. The monoisotopic (exact) mass is 1110 g/mol. The summed E-state index contributed by atoms with van der Waals surface area (Å²) in [5.74, 6) is -1.97.